The Labute approximate surface area is 344 Å². The lowest BCUT2D eigenvalue weighted by atomic mass is 10.1. The van der Waals surface area contributed by atoms with E-state index in [0.717, 1.165) is 22.3 Å². The van der Waals surface area contributed by atoms with Crippen molar-refractivity contribution >= 4 is 24.1 Å². The molecule has 2 atom stereocenters. The van der Waals surface area contributed by atoms with Gasteiger partial charge in [0.15, 0.2) is 6.61 Å². The number of aryl methyl sites for hydroxylation is 1. The third-order valence-electron chi connectivity index (χ3n) is 8.47. The molecule has 0 spiro atoms. The van der Waals surface area contributed by atoms with Gasteiger partial charge in [0.05, 0.1) is 32.4 Å². The molecule has 0 aliphatic heterocycles. The second-order valence-electron chi connectivity index (χ2n) is 14.3. The van der Waals surface area contributed by atoms with E-state index in [4.69, 9.17) is 30.0 Å². The van der Waals surface area contributed by atoms with Crippen molar-refractivity contribution < 1.29 is 52.5 Å². The number of amides is 2. The zero-order valence-corrected chi connectivity index (χ0v) is 34.7. The predicted octanol–water partition coefficient (Wildman–Crippen LogP) is 8.14. The number of carbonyl (C=O) groups is 4. The van der Waals surface area contributed by atoms with Crippen molar-refractivity contribution in [2.75, 3.05) is 40.1 Å². The highest BCUT2D eigenvalue weighted by Crippen LogP contribution is 2.26. The highest BCUT2D eigenvalue weighted by Gasteiger charge is 2.27. The van der Waals surface area contributed by atoms with Crippen molar-refractivity contribution in [3.63, 3.8) is 0 Å². The first-order chi connectivity index (χ1) is 28.1. The van der Waals surface area contributed by atoms with Gasteiger partial charge in [-0.15, -0.1) is 0 Å². The average molecular weight is 816 g/mol. The lowest BCUT2D eigenvalue weighted by molar-refractivity contribution is -0.142. The van der Waals surface area contributed by atoms with Crippen LogP contribution in [0.3, 0.4) is 0 Å². The Hall–Kier alpha value is -6.63. The molecule has 16 nitrogen and oxygen atoms in total. The third-order valence-corrected chi connectivity index (χ3v) is 8.47. The normalized spacial score (nSPS) is 11.6. The summed E-state index contributed by atoms with van der Waals surface area (Å²) in [6.45, 7) is 19.9. The van der Waals surface area contributed by atoms with Crippen LogP contribution in [-0.4, -0.2) is 89.3 Å². The highest BCUT2D eigenvalue weighted by atomic mass is 16.6. The number of hydrogen-bond donors (Lipinski definition) is 1. The van der Waals surface area contributed by atoms with Crippen LogP contribution >= 0.6 is 0 Å². The van der Waals surface area contributed by atoms with Crippen LogP contribution < -0.4 is 9.47 Å². The topological polar surface area (TPSA) is 184 Å². The van der Waals surface area contributed by atoms with Gasteiger partial charge in [-0.2, -0.15) is 4.98 Å². The number of ether oxygens (including phenoxy) is 5. The summed E-state index contributed by atoms with van der Waals surface area (Å²) in [6.07, 6.45) is -1.23. The number of aliphatic carboxylic acids is 1. The Morgan fingerprint density at radius 1 is 0.746 bits per heavy atom. The minimum absolute atomic E-state index is 0.0507. The molecule has 0 aliphatic rings. The van der Waals surface area contributed by atoms with E-state index < -0.39 is 42.8 Å². The quantitative estimate of drug-likeness (QED) is 0.0577. The van der Waals surface area contributed by atoms with Crippen LogP contribution in [0.1, 0.15) is 76.1 Å². The summed E-state index contributed by atoms with van der Waals surface area (Å²) < 4.78 is 31.4. The molecule has 0 unspecified atom stereocenters. The van der Waals surface area contributed by atoms with Gasteiger partial charge in [-0.1, -0.05) is 74.8 Å². The summed E-state index contributed by atoms with van der Waals surface area (Å²) in [5, 5.41) is 13.2. The number of benzene rings is 3. The molecule has 316 valence electrons. The van der Waals surface area contributed by atoms with E-state index in [1.165, 1.54) is 16.9 Å². The Bertz CT molecular complexity index is 1970. The van der Waals surface area contributed by atoms with Gasteiger partial charge in [-0.05, 0) is 80.1 Å². The van der Waals surface area contributed by atoms with Crippen LogP contribution in [0, 0.1) is 25.3 Å². The number of nitrogens with zero attached hydrogens (tertiary/aromatic N) is 5. The first kappa shape index (κ1) is 46.8. The number of rotatable bonds is 18. The molecule has 0 aliphatic carbocycles. The van der Waals surface area contributed by atoms with E-state index in [1.54, 1.807) is 62.4 Å². The standard InChI is InChI=1S/C25H29N3O6.C18H24N2O5/c1-16(2)14-33-25(31)28(13-23(29)30)18(4)19-9-11-21(12-10-19)32-15-22-26-24(34-27-22)20-7-5-17(3)6-8-20;1-13(2)11-24-18(22)20(10-17(21)23-5)14(3)15-6-8-16(9-7-15)25-12-19-4/h5-12,16,18H,13-15H2,1-4H3,(H,29,30);6-9,13-14H,10-12H2,1-3,5H3/t18-;14-/m11/s1. The zero-order valence-electron chi connectivity index (χ0n) is 34.7. The van der Waals surface area contributed by atoms with Crippen LogP contribution in [-0.2, 0) is 30.4 Å². The SMILES string of the molecule is Cc1ccc(-c2nc(COc3ccc([C@@H](C)N(CC(=O)O)C(=O)OCC(C)C)cc3)no2)cc1.[C-]#[N+]COc1ccc([C@@H](C)N(CC(=O)OC)C(=O)OCC(C)C)cc1. The number of esters is 1. The average Bonchev–Trinajstić information content (AvgIpc) is 3.70. The van der Waals surface area contributed by atoms with E-state index in [9.17, 15) is 24.3 Å². The summed E-state index contributed by atoms with van der Waals surface area (Å²) in [6, 6.07) is 20.9. The largest absolute Gasteiger partial charge is 0.485 e. The van der Waals surface area contributed by atoms with Crippen molar-refractivity contribution in [3.05, 3.63) is 107 Å². The summed E-state index contributed by atoms with van der Waals surface area (Å²) >= 11 is 0. The first-order valence-electron chi connectivity index (χ1n) is 18.9. The van der Waals surface area contributed by atoms with E-state index in [-0.39, 0.29) is 44.9 Å². The van der Waals surface area contributed by atoms with Gasteiger partial charge < -0.3 is 33.3 Å². The number of hydrogen-bond acceptors (Lipinski definition) is 12. The Kier molecular flexibility index (Phi) is 18.7. The number of methoxy groups -OCH3 is 1. The van der Waals surface area contributed by atoms with E-state index in [1.807, 2.05) is 58.9 Å². The highest BCUT2D eigenvalue weighted by molar-refractivity contribution is 5.78. The molecule has 2 amide bonds. The first-order valence-corrected chi connectivity index (χ1v) is 18.9. The third kappa shape index (κ3) is 15.7. The lowest BCUT2D eigenvalue weighted by Crippen LogP contribution is -2.39. The molecular weight excluding hydrogens is 762 g/mol. The molecule has 0 radical (unpaired) electrons. The van der Waals surface area contributed by atoms with Crippen LogP contribution in [0.15, 0.2) is 77.3 Å². The summed E-state index contributed by atoms with van der Waals surface area (Å²) in [5.41, 5.74) is 3.53. The minimum atomic E-state index is -1.11. The maximum Gasteiger partial charge on any atom is 0.410 e. The van der Waals surface area contributed by atoms with Gasteiger partial charge >= 0.3 is 30.9 Å². The summed E-state index contributed by atoms with van der Waals surface area (Å²) in [4.78, 5) is 57.7. The van der Waals surface area contributed by atoms with Crippen molar-refractivity contribution in [1.82, 2.24) is 19.9 Å². The fourth-order valence-corrected chi connectivity index (χ4v) is 5.14. The lowest BCUT2D eigenvalue weighted by Gasteiger charge is -2.28. The Morgan fingerprint density at radius 3 is 1.69 bits per heavy atom. The molecule has 3 aromatic carbocycles. The molecular formula is C43H53N5O11. The fourth-order valence-electron chi connectivity index (χ4n) is 5.14. The van der Waals surface area contributed by atoms with Crippen LogP contribution in [0.4, 0.5) is 9.59 Å². The number of aromatic nitrogens is 2. The van der Waals surface area contributed by atoms with Crippen molar-refractivity contribution in [2.24, 2.45) is 11.8 Å². The van der Waals surface area contributed by atoms with Gasteiger partial charge in [0.2, 0.25) is 5.82 Å². The molecule has 4 aromatic rings. The van der Waals surface area contributed by atoms with Gasteiger partial charge in [0, 0.05) is 5.56 Å². The molecule has 4 rings (SSSR count). The monoisotopic (exact) mass is 815 g/mol. The molecule has 1 aromatic heterocycles. The molecule has 59 heavy (non-hydrogen) atoms. The second-order valence-corrected chi connectivity index (χ2v) is 14.3. The van der Waals surface area contributed by atoms with Crippen LogP contribution in [0.5, 0.6) is 11.5 Å². The zero-order chi connectivity index (χ0) is 43.5. The molecule has 0 saturated heterocycles. The number of carbonyl (C=O) groups excluding carboxylic acids is 3. The van der Waals surface area contributed by atoms with E-state index >= 15 is 0 Å². The smallest absolute Gasteiger partial charge is 0.410 e. The molecule has 0 fully saturated rings. The molecule has 1 heterocycles. The molecule has 1 N–H and O–H groups in total. The predicted molar refractivity (Wildman–Crippen MR) is 216 cm³/mol. The van der Waals surface area contributed by atoms with Gasteiger partial charge in [-0.3, -0.25) is 24.2 Å². The summed E-state index contributed by atoms with van der Waals surface area (Å²) in [5.74, 6) is 0.675. The molecule has 0 saturated carbocycles. The maximum absolute atomic E-state index is 12.4. The van der Waals surface area contributed by atoms with Gasteiger partial charge in [-0.25, -0.2) is 16.2 Å². The van der Waals surface area contributed by atoms with Crippen LogP contribution in [0.2, 0.25) is 0 Å². The Balaban J connectivity index is 0.000000332. The fraction of sp³-hybridized carbons (Fsp3) is 0.419. The minimum Gasteiger partial charge on any atom is -0.485 e. The molecule has 16 heteroatoms. The van der Waals surface area contributed by atoms with Crippen molar-refractivity contribution in [1.29, 1.82) is 0 Å². The van der Waals surface area contributed by atoms with Crippen molar-refractivity contribution in [3.8, 4) is 23.0 Å². The second kappa shape index (κ2) is 23.6. The van der Waals surface area contributed by atoms with Crippen molar-refractivity contribution in [2.45, 2.75) is 67.2 Å². The van der Waals surface area contributed by atoms with Crippen LogP contribution in [0.25, 0.3) is 16.3 Å². The van der Waals surface area contributed by atoms with E-state index in [2.05, 4.69) is 19.7 Å². The number of carboxylic acid groups (broad SMARTS) is 1. The number of carboxylic acids is 1. The Morgan fingerprint density at radius 2 is 1.24 bits per heavy atom. The van der Waals surface area contributed by atoms with Gasteiger partial charge in [0.25, 0.3) is 5.89 Å². The van der Waals surface area contributed by atoms with Gasteiger partial charge in [0.1, 0.15) is 24.6 Å². The maximum atomic E-state index is 12.4. The summed E-state index contributed by atoms with van der Waals surface area (Å²) in [7, 11) is 1.27. The molecule has 0 bridgehead atoms. The van der Waals surface area contributed by atoms with E-state index in [0.29, 0.717) is 23.2 Å².